The number of benzene rings is 1. The van der Waals surface area contributed by atoms with Crippen molar-refractivity contribution in [2.75, 3.05) is 27.2 Å². The molecule has 0 radical (unpaired) electrons. The van der Waals surface area contributed by atoms with Crippen LogP contribution in [-0.2, 0) is 0 Å². The molecular weight excluding hydrogens is 354 g/mol. The van der Waals surface area contributed by atoms with Gasteiger partial charge in [-0.15, -0.1) is 0 Å². The van der Waals surface area contributed by atoms with Gasteiger partial charge in [-0.3, -0.25) is 4.79 Å². The average Bonchev–Trinajstić information content (AvgIpc) is 2.68. The molecule has 0 saturated heterocycles. The number of nitrogens with zero attached hydrogens (tertiary/aromatic N) is 1. The van der Waals surface area contributed by atoms with Crippen molar-refractivity contribution in [3.05, 3.63) is 53.6 Å². The number of allylic oxidation sites excluding steroid dienone is 2. The summed E-state index contributed by atoms with van der Waals surface area (Å²) in [7, 11) is 4.36. The van der Waals surface area contributed by atoms with Crippen LogP contribution in [0.1, 0.15) is 92.6 Å². The van der Waals surface area contributed by atoms with Crippen LogP contribution >= 0.6 is 0 Å². The number of ketones is 1. The van der Waals surface area contributed by atoms with E-state index in [0.717, 1.165) is 22.2 Å². The number of carbonyl (C=O) groups excluding carboxylic acids is 1. The van der Waals surface area contributed by atoms with Crippen LogP contribution in [0.25, 0.3) is 6.08 Å². The highest BCUT2D eigenvalue weighted by Crippen LogP contribution is 2.16. The van der Waals surface area contributed by atoms with E-state index in [-0.39, 0.29) is 5.78 Å². The van der Waals surface area contributed by atoms with E-state index in [0.29, 0.717) is 6.54 Å². The molecule has 2 nitrogen and oxygen atoms in total. The van der Waals surface area contributed by atoms with Gasteiger partial charge < -0.3 is 4.48 Å². The predicted octanol–water partition coefficient (Wildman–Crippen LogP) is 7.37. The lowest BCUT2D eigenvalue weighted by molar-refractivity contribution is -0.882. The first-order valence-corrected chi connectivity index (χ1v) is 11.6. The Balaban J connectivity index is 2.34. The van der Waals surface area contributed by atoms with Gasteiger partial charge in [-0.1, -0.05) is 95.2 Å². The van der Waals surface area contributed by atoms with Crippen LogP contribution in [0.4, 0.5) is 0 Å². The lowest BCUT2D eigenvalue weighted by Gasteiger charge is -2.29. The highest BCUT2D eigenvalue weighted by molar-refractivity contribution is 5.97. The molecule has 0 heterocycles. The normalized spacial score (nSPS) is 11.9. The molecule has 2 heteroatoms. The van der Waals surface area contributed by atoms with Crippen molar-refractivity contribution >= 4 is 11.9 Å². The number of likely N-dealkylation sites (N-methyl/N-ethyl adjacent to an activating group) is 1. The van der Waals surface area contributed by atoms with E-state index in [4.69, 9.17) is 0 Å². The predicted molar refractivity (Wildman–Crippen MR) is 128 cm³/mol. The van der Waals surface area contributed by atoms with E-state index in [2.05, 4.69) is 34.5 Å². The number of carbonyl (C=O) groups is 1. The third kappa shape index (κ3) is 11.2. The van der Waals surface area contributed by atoms with Gasteiger partial charge in [0.15, 0.2) is 0 Å². The number of rotatable bonds is 16. The first kappa shape index (κ1) is 25.4. The molecule has 0 amide bonds. The second-order valence-electron chi connectivity index (χ2n) is 9.09. The largest absolute Gasteiger partial charge is 0.322 e. The smallest absolute Gasteiger partial charge is 0.216 e. The Morgan fingerprint density at radius 2 is 1.55 bits per heavy atom. The Labute approximate surface area is 180 Å². The zero-order valence-corrected chi connectivity index (χ0v) is 19.5. The lowest BCUT2D eigenvalue weighted by Crippen LogP contribution is -2.44. The summed E-state index contributed by atoms with van der Waals surface area (Å²) in [6, 6.07) is 6.01. The van der Waals surface area contributed by atoms with Crippen molar-refractivity contribution in [3.63, 3.8) is 0 Å². The summed E-state index contributed by atoms with van der Waals surface area (Å²) in [6.07, 6.45) is 19.2. The maximum Gasteiger partial charge on any atom is 0.216 e. The first-order chi connectivity index (χ1) is 13.9. The van der Waals surface area contributed by atoms with E-state index in [9.17, 15) is 4.79 Å². The molecule has 29 heavy (non-hydrogen) atoms. The molecule has 0 unspecified atom stereocenters. The molecule has 162 valence electrons. The first-order valence-electron chi connectivity index (χ1n) is 11.6. The standard InChI is InChI=1S/C27H44NO/c1-6-8-10-11-12-13-14-15-16-17-21-28(4,5)23-27(29)26-20-19-24(3)25(22-26)18-9-7-2/h7,9,18-20,22H,2,6,8,10-17,21,23H2,1,3-5H3/q+1/b18-9-. The summed E-state index contributed by atoms with van der Waals surface area (Å²) in [5.41, 5.74) is 3.09. The van der Waals surface area contributed by atoms with Crippen molar-refractivity contribution in [2.24, 2.45) is 0 Å². The second kappa shape index (κ2) is 14.3. The van der Waals surface area contributed by atoms with Gasteiger partial charge in [-0.2, -0.15) is 0 Å². The number of hydrogen-bond acceptors (Lipinski definition) is 1. The van der Waals surface area contributed by atoms with E-state index < -0.39 is 0 Å². The van der Waals surface area contributed by atoms with E-state index >= 15 is 0 Å². The minimum Gasteiger partial charge on any atom is -0.322 e. The van der Waals surface area contributed by atoms with Gasteiger partial charge in [-0.05, 0) is 37.0 Å². The summed E-state index contributed by atoms with van der Waals surface area (Å²) < 4.78 is 0.765. The minimum absolute atomic E-state index is 0.232. The van der Waals surface area contributed by atoms with Crippen LogP contribution in [0.3, 0.4) is 0 Å². The molecule has 0 spiro atoms. The Morgan fingerprint density at radius 1 is 0.966 bits per heavy atom. The van der Waals surface area contributed by atoms with Crippen LogP contribution in [0, 0.1) is 6.92 Å². The molecule has 0 N–H and O–H groups in total. The fourth-order valence-corrected chi connectivity index (χ4v) is 3.75. The fourth-order valence-electron chi connectivity index (χ4n) is 3.75. The molecule has 0 atom stereocenters. The van der Waals surface area contributed by atoms with Crippen molar-refractivity contribution in [3.8, 4) is 0 Å². The van der Waals surface area contributed by atoms with Crippen LogP contribution in [0.2, 0.25) is 0 Å². The Bertz CT molecular complexity index is 642. The van der Waals surface area contributed by atoms with Crippen molar-refractivity contribution in [1.29, 1.82) is 0 Å². The number of quaternary nitrogens is 1. The summed E-state index contributed by atoms with van der Waals surface area (Å²) in [6.45, 7) is 9.69. The van der Waals surface area contributed by atoms with E-state index in [1.54, 1.807) is 6.08 Å². The quantitative estimate of drug-likeness (QED) is 0.123. The maximum absolute atomic E-state index is 12.8. The third-order valence-corrected chi connectivity index (χ3v) is 5.70. The monoisotopic (exact) mass is 398 g/mol. The molecular formula is C27H44NO+. The van der Waals surface area contributed by atoms with Gasteiger partial charge >= 0.3 is 0 Å². The summed E-state index contributed by atoms with van der Waals surface area (Å²) >= 11 is 0. The third-order valence-electron chi connectivity index (χ3n) is 5.70. The van der Waals surface area contributed by atoms with Crippen LogP contribution in [0.15, 0.2) is 36.9 Å². The molecule has 1 aromatic rings. The summed E-state index contributed by atoms with van der Waals surface area (Å²) in [5.74, 6) is 0.232. The van der Waals surface area contributed by atoms with Gasteiger partial charge in [0.2, 0.25) is 5.78 Å². The van der Waals surface area contributed by atoms with Gasteiger partial charge in [0.05, 0.1) is 20.6 Å². The zero-order chi connectivity index (χ0) is 21.5. The maximum atomic E-state index is 12.8. The molecule has 0 saturated carbocycles. The summed E-state index contributed by atoms with van der Waals surface area (Å²) in [5, 5.41) is 0. The van der Waals surface area contributed by atoms with Crippen LogP contribution in [0.5, 0.6) is 0 Å². The summed E-state index contributed by atoms with van der Waals surface area (Å²) in [4.78, 5) is 12.8. The van der Waals surface area contributed by atoms with Gasteiger partial charge in [-0.25, -0.2) is 0 Å². The topological polar surface area (TPSA) is 17.1 Å². The molecule has 0 fully saturated rings. The molecule has 0 bridgehead atoms. The highest BCUT2D eigenvalue weighted by atomic mass is 16.1. The number of aryl methyl sites for hydroxylation is 1. The number of unbranched alkanes of at least 4 members (excludes halogenated alkanes) is 9. The van der Waals surface area contributed by atoms with Gasteiger partial charge in [0.25, 0.3) is 0 Å². The average molecular weight is 399 g/mol. The minimum atomic E-state index is 0.232. The molecule has 0 aromatic heterocycles. The van der Waals surface area contributed by atoms with Gasteiger partial charge in [0, 0.05) is 5.56 Å². The lowest BCUT2D eigenvalue weighted by atomic mass is 10.0. The fraction of sp³-hybridized carbons (Fsp3) is 0.593. The van der Waals surface area contributed by atoms with Crippen LogP contribution < -0.4 is 0 Å². The Kier molecular flexibility index (Phi) is 12.5. The van der Waals surface area contributed by atoms with Crippen molar-refractivity contribution in [2.45, 2.75) is 78.1 Å². The van der Waals surface area contributed by atoms with Crippen molar-refractivity contribution in [1.82, 2.24) is 0 Å². The highest BCUT2D eigenvalue weighted by Gasteiger charge is 2.21. The van der Waals surface area contributed by atoms with Crippen molar-refractivity contribution < 1.29 is 9.28 Å². The second-order valence-corrected chi connectivity index (χ2v) is 9.09. The Hall–Kier alpha value is -1.67. The SMILES string of the molecule is C=C/C=C\c1cc(C(=O)C[N+](C)(C)CCCCCCCCCCCC)ccc1C. The van der Waals surface area contributed by atoms with Crippen LogP contribution in [-0.4, -0.2) is 37.5 Å². The zero-order valence-electron chi connectivity index (χ0n) is 19.5. The van der Waals surface area contributed by atoms with E-state index in [1.807, 2.05) is 30.4 Å². The molecule has 1 rings (SSSR count). The molecule has 0 aliphatic rings. The molecule has 0 aliphatic carbocycles. The van der Waals surface area contributed by atoms with Gasteiger partial charge in [0.1, 0.15) is 6.54 Å². The Morgan fingerprint density at radius 3 is 2.14 bits per heavy atom. The molecule has 0 aliphatic heterocycles. The molecule has 1 aromatic carbocycles. The number of Topliss-reactive ketones (excluding diaryl/α,β-unsaturated/α-hetero) is 1. The van der Waals surface area contributed by atoms with E-state index in [1.165, 1.54) is 69.8 Å². The number of hydrogen-bond donors (Lipinski definition) is 0.